The third-order valence-electron chi connectivity index (χ3n) is 3.04. The van der Waals surface area contributed by atoms with Gasteiger partial charge in [-0.2, -0.15) is 0 Å². The van der Waals surface area contributed by atoms with Crippen molar-refractivity contribution in [2.24, 2.45) is 5.73 Å². The van der Waals surface area contributed by atoms with Crippen molar-refractivity contribution in [3.8, 4) is 0 Å². The highest BCUT2D eigenvalue weighted by Gasteiger charge is 2.19. The van der Waals surface area contributed by atoms with E-state index in [2.05, 4.69) is 30.3 Å². The zero-order chi connectivity index (χ0) is 9.10. The van der Waals surface area contributed by atoms with Gasteiger partial charge in [0.05, 0.1) is 0 Å². The van der Waals surface area contributed by atoms with E-state index in [9.17, 15) is 0 Å². The first-order chi connectivity index (χ1) is 6.36. The topological polar surface area (TPSA) is 26.0 Å². The summed E-state index contributed by atoms with van der Waals surface area (Å²) in [7, 11) is 0. The molecule has 0 amide bonds. The van der Waals surface area contributed by atoms with Crippen molar-refractivity contribution in [3.05, 3.63) is 35.9 Å². The molecule has 1 fully saturated rings. The van der Waals surface area contributed by atoms with Crippen LogP contribution in [0.2, 0.25) is 0 Å². The minimum Gasteiger partial charge on any atom is -0.328 e. The van der Waals surface area contributed by atoms with E-state index in [-0.39, 0.29) is 12.4 Å². The van der Waals surface area contributed by atoms with Crippen molar-refractivity contribution in [2.45, 2.75) is 37.6 Å². The average Bonchev–Trinajstić information content (AvgIpc) is 2.20. The standard InChI is InChI=1S/C12H17N.ClH/c13-12-8-6-11(7-9-12)10-4-2-1-3-5-10;/h1-5,11-12H,6-9,13H2;1H/t11-,12-;. The van der Waals surface area contributed by atoms with Gasteiger partial charge >= 0.3 is 0 Å². The van der Waals surface area contributed by atoms with Gasteiger partial charge in [-0.15, -0.1) is 12.4 Å². The van der Waals surface area contributed by atoms with Crippen LogP contribution in [0.15, 0.2) is 30.3 Å². The Balaban J connectivity index is 0.000000980. The molecule has 1 nitrogen and oxygen atoms in total. The molecule has 2 heteroatoms. The van der Waals surface area contributed by atoms with Crippen LogP contribution in [0.5, 0.6) is 0 Å². The molecule has 1 aliphatic rings. The second-order valence-electron chi connectivity index (χ2n) is 4.02. The maximum absolute atomic E-state index is 5.88. The van der Waals surface area contributed by atoms with Gasteiger partial charge in [-0.25, -0.2) is 0 Å². The highest BCUT2D eigenvalue weighted by Crippen LogP contribution is 2.31. The lowest BCUT2D eigenvalue weighted by molar-refractivity contribution is 0.395. The van der Waals surface area contributed by atoms with E-state index in [1.165, 1.54) is 31.2 Å². The predicted octanol–water partition coefficient (Wildman–Crippen LogP) is 3.09. The lowest BCUT2D eigenvalue weighted by Gasteiger charge is -2.26. The smallest absolute Gasteiger partial charge is 0.00392 e. The Hall–Kier alpha value is -0.530. The summed E-state index contributed by atoms with van der Waals surface area (Å²) in [5, 5.41) is 0. The Kier molecular flexibility index (Phi) is 4.43. The molecule has 0 spiro atoms. The molecule has 0 atom stereocenters. The molecular weight excluding hydrogens is 194 g/mol. The molecule has 14 heavy (non-hydrogen) atoms. The van der Waals surface area contributed by atoms with Crippen LogP contribution in [0.3, 0.4) is 0 Å². The minimum absolute atomic E-state index is 0. The second kappa shape index (κ2) is 5.38. The lowest BCUT2D eigenvalue weighted by Crippen LogP contribution is -2.25. The Morgan fingerprint density at radius 3 is 2.07 bits per heavy atom. The molecular formula is C12H18ClN. The first-order valence-electron chi connectivity index (χ1n) is 5.17. The average molecular weight is 212 g/mol. The molecule has 0 bridgehead atoms. The minimum atomic E-state index is 0. The normalized spacial score (nSPS) is 26.6. The van der Waals surface area contributed by atoms with Crippen LogP contribution in [0, 0.1) is 0 Å². The van der Waals surface area contributed by atoms with E-state index in [1.54, 1.807) is 0 Å². The maximum atomic E-state index is 5.88. The second-order valence-corrected chi connectivity index (χ2v) is 4.02. The lowest BCUT2D eigenvalue weighted by atomic mass is 9.82. The SMILES string of the molecule is Cl.N[C@H]1CC[C@H](c2ccccc2)CC1. The molecule has 0 heterocycles. The van der Waals surface area contributed by atoms with Crippen LogP contribution < -0.4 is 5.73 Å². The van der Waals surface area contributed by atoms with Crippen molar-refractivity contribution in [1.29, 1.82) is 0 Å². The Morgan fingerprint density at radius 2 is 1.50 bits per heavy atom. The monoisotopic (exact) mass is 211 g/mol. The van der Waals surface area contributed by atoms with Crippen molar-refractivity contribution in [3.63, 3.8) is 0 Å². The van der Waals surface area contributed by atoms with E-state index in [1.807, 2.05) is 0 Å². The van der Waals surface area contributed by atoms with Gasteiger partial charge in [0.25, 0.3) is 0 Å². The van der Waals surface area contributed by atoms with Gasteiger partial charge in [0.2, 0.25) is 0 Å². The number of halogens is 1. The molecule has 2 N–H and O–H groups in total. The van der Waals surface area contributed by atoms with E-state index < -0.39 is 0 Å². The van der Waals surface area contributed by atoms with Gasteiger partial charge in [0, 0.05) is 6.04 Å². The van der Waals surface area contributed by atoms with Gasteiger partial charge in [-0.05, 0) is 37.2 Å². The summed E-state index contributed by atoms with van der Waals surface area (Å²) in [6.45, 7) is 0. The summed E-state index contributed by atoms with van der Waals surface area (Å²) in [5.74, 6) is 0.765. The number of hydrogen-bond donors (Lipinski definition) is 1. The predicted molar refractivity (Wildman–Crippen MR) is 62.9 cm³/mol. The third-order valence-corrected chi connectivity index (χ3v) is 3.04. The Morgan fingerprint density at radius 1 is 0.929 bits per heavy atom. The number of benzene rings is 1. The molecule has 1 saturated carbocycles. The van der Waals surface area contributed by atoms with Crippen molar-refractivity contribution in [1.82, 2.24) is 0 Å². The van der Waals surface area contributed by atoms with E-state index in [0.717, 1.165) is 5.92 Å². The molecule has 2 rings (SSSR count). The van der Waals surface area contributed by atoms with E-state index >= 15 is 0 Å². The molecule has 0 aromatic heterocycles. The zero-order valence-corrected chi connectivity index (χ0v) is 9.17. The van der Waals surface area contributed by atoms with Gasteiger partial charge in [0.15, 0.2) is 0 Å². The quantitative estimate of drug-likeness (QED) is 0.759. The van der Waals surface area contributed by atoms with Crippen LogP contribution in [0.25, 0.3) is 0 Å². The largest absolute Gasteiger partial charge is 0.328 e. The summed E-state index contributed by atoms with van der Waals surface area (Å²) in [6.07, 6.45) is 4.93. The van der Waals surface area contributed by atoms with Crippen LogP contribution >= 0.6 is 12.4 Å². The molecule has 0 unspecified atom stereocenters. The molecule has 1 aromatic rings. The third kappa shape index (κ3) is 2.73. The zero-order valence-electron chi connectivity index (χ0n) is 8.36. The van der Waals surface area contributed by atoms with Crippen LogP contribution in [0.1, 0.15) is 37.2 Å². The molecule has 1 aliphatic carbocycles. The van der Waals surface area contributed by atoms with Gasteiger partial charge < -0.3 is 5.73 Å². The number of rotatable bonds is 1. The Labute approximate surface area is 92.1 Å². The maximum Gasteiger partial charge on any atom is 0.00392 e. The highest BCUT2D eigenvalue weighted by atomic mass is 35.5. The van der Waals surface area contributed by atoms with Crippen molar-refractivity contribution < 1.29 is 0 Å². The fraction of sp³-hybridized carbons (Fsp3) is 0.500. The summed E-state index contributed by atoms with van der Waals surface area (Å²) in [4.78, 5) is 0. The van der Waals surface area contributed by atoms with Crippen molar-refractivity contribution in [2.75, 3.05) is 0 Å². The fourth-order valence-corrected chi connectivity index (χ4v) is 2.18. The summed E-state index contributed by atoms with van der Waals surface area (Å²) < 4.78 is 0. The number of hydrogen-bond acceptors (Lipinski definition) is 1. The molecule has 0 saturated heterocycles. The first-order valence-corrected chi connectivity index (χ1v) is 5.17. The summed E-state index contributed by atoms with van der Waals surface area (Å²) in [6, 6.07) is 11.3. The summed E-state index contributed by atoms with van der Waals surface area (Å²) in [5.41, 5.74) is 7.37. The molecule has 1 aromatic carbocycles. The van der Waals surface area contributed by atoms with Crippen LogP contribution in [-0.4, -0.2) is 6.04 Å². The van der Waals surface area contributed by atoms with Crippen LogP contribution in [0.4, 0.5) is 0 Å². The molecule has 0 aliphatic heterocycles. The fourth-order valence-electron chi connectivity index (χ4n) is 2.18. The van der Waals surface area contributed by atoms with E-state index in [0.29, 0.717) is 6.04 Å². The molecule has 0 radical (unpaired) electrons. The molecule has 78 valence electrons. The van der Waals surface area contributed by atoms with Gasteiger partial charge in [-0.3, -0.25) is 0 Å². The van der Waals surface area contributed by atoms with Gasteiger partial charge in [0.1, 0.15) is 0 Å². The Bertz CT molecular complexity index is 252. The van der Waals surface area contributed by atoms with Crippen molar-refractivity contribution >= 4 is 12.4 Å². The van der Waals surface area contributed by atoms with E-state index in [4.69, 9.17) is 5.73 Å². The first kappa shape index (κ1) is 11.5. The highest BCUT2D eigenvalue weighted by molar-refractivity contribution is 5.85. The number of nitrogens with two attached hydrogens (primary N) is 1. The summed E-state index contributed by atoms with van der Waals surface area (Å²) >= 11 is 0. The van der Waals surface area contributed by atoms with Crippen LogP contribution in [-0.2, 0) is 0 Å². The van der Waals surface area contributed by atoms with Gasteiger partial charge in [-0.1, -0.05) is 30.3 Å².